The Bertz CT molecular complexity index is 3640. The van der Waals surface area contributed by atoms with Crippen LogP contribution in [0, 0.1) is 0 Å². The Labute approximate surface area is 365 Å². The van der Waals surface area contributed by atoms with Crippen molar-refractivity contribution in [2.45, 2.75) is 0 Å². The van der Waals surface area contributed by atoms with Crippen LogP contribution in [0.2, 0.25) is 0 Å². The van der Waals surface area contributed by atoms with Crippen LogP contribution in [-0.4, -0.2) is 19.5 Å². The van der Waals surface area contributed by atoms with E-state index >= 15 is 0 Å². The van der Waals surface area contributed by atoms with Crippen molar-refractivity contribution in [3.63, 3.8) is 0 Å². The third-order valence-corrected chi connectivity index (χ3v) is 12.2. The fourth-order valence-corrected chi connectivity index (χ4v) is 9.14. The Morgan fingerprint density at radius 3 is 1.52 bits per heavy atom. The Hall–Kier alpha value is -8.47. The molecule has 0 aliphatic carbocycles. The van der Waals surface area contributed by atoms with Gasteiger partial charge >= 0.3 is 0 Å². The molecule has 0 atom stereocenters. The van der Waals surface area contributed by atoms with E-state index in [1.54, 1.807) is 0 Å². The van der Waals surface area contributed by atoms with Crippen LogP contribution in [0.1, 0.15) is 0 Å². The van der Waals surface area contributed by atoms with Gasteiger partial charge in [0, 0.05) is 49.5 Å². The van der Waals surface area contributed by atoms with Crippen LogP contribution in [0.4, 0.5) is 0 Å². The molecule has 0 N–H and O–H groups in total. The molecule has 4 nitrogen and oxygen atoms in total. The molecular weight excluding hydrogens is 765 g/mol. The van der Waals surface area contributed by atoms with Crippen molar-refractivity contribution in [3.05, 3.63) is 231 Å². The van der Waals surface area contributed by atoms with Crippen LogP contribution in [-0.2, 0) is 0 Å². The number of benzene rings is 9. The number of rotatable bonds is 7. The van der Waals surface area contributed by atoms with Gasteiger partial charge in [-0.2, -0.15) is 0 Å². The lowest BCUT2D eigenvalue weighted by atomic mass is 9.98. The van der Waals surface area contributed by atoms with E-state index in [0.29, 0.717) is 5.82 Å². The second kappa shape index (κ2) is 15.2. The highest BCUT2D eigenvalue weighted by molar-refractivity contribution is 6.23. The maximum absolute atomic E-state index is 5.55. The molecule has 9 aromatic carbocycles. The van der Waals surface area contributed by atoms with Crippen LogP contribution in [0.3, 0.4) is 0 Å². The minimum atomic E-state index is 0.693. The van der Waals surface area contributed by atoms with E-state index < -0.39 is 0 Å². The molecule has 0 radical (unpaired) electrons. The summed E-state index contributed by atoms with van der Waals surface area (Å²) in [5, 5.41) is 5.82. The highest BCUT2D eigenvalue weighted by atomic mass is 15.0. The molecule has 0 fully saturated rings. The van der Waals surface area contributed by atoms with Crippen LogP contribution >= 0.6 is 0 Å². The van der Waals surface area contributed by atoms with E-state index in [1.807, 2.05) is 24.3 Å². The first-order valence-electron chi connectivity index (χ1n) is 21.4. The highest BCUT2D eigenvalue weighted by Gasteiger charge is 2.20. The Morgan fingerprint density at radius 1 is 0.286 bits per heavy atom. The minimum Gasteiger partial charge on any atom is -0.307 e. The molecule has 0 aliphatic heterocycles. The largest absolute Gasteiger partial charge is 0.307 e. The first-order valence-corrected chi connectivity index (χ1v) is 21.4. The van der Waals surface area contributed by atoms with Gasteiger partial charge in [0.15, 0.2) is 5.82 Å². The number of nitrogens with zero attached hydrogens (tertiary/aromatic N) is 4. The molecule has 0 saturated heterocycles. The molecule has 12 rings (SSSR count). The lowest BCUT2D eigenvalue weighted by Gasteiger charge is -2.13. The molecule has 12 aromatic rings. The molecule has 63 heavy (non-hydrogen) atoms. The Kier molecular flexibility index (Phi) is 8.79. The van der Waals surface area contributed by atoms with Gasteiger partial charge in [-0.15, -0.1) is 0 Å². The molecule has 4 heteroatoms. The first kappa shape index (κ1) is 36.4. The second-order valence-electron chi connectivity index (χ2n) is 16.0. The molecule has 3 heterocycles. The molecule has 0 saturated carbocycles. The third kappa shape index (κ3) is 6.44. The number of pyridine rings is 1. The van der Waals surface area contributed by atoms with Gasteiger partial charge in [0.2, 0.25) is 0 Å². The van der Waals surface area contributed by atoms with Gasteiger partial charge in [-0.1, -0.05) is 200 Å². The third-order valence-electron chi connectivity index (χ3n) is 12.2. The molecule has 0 spiro atoms. The highest BCUT2D eigenvalue weighted by Crippen LogP contribution is 2.42. The first-order chi connectivity index (χ1) is 31.2. The fraction of sp³-hybridized carbons (Fsp3) is 0. The summed E-state index contributed by atoms with van der Waals surface area (Å²) in [4.78, 5) is 15.9. The SMILES string of the molecule is c1ccc(-c2ccc(-c3cc(-c4cccc(-c5ccc6c7ccc8c9ccccc9c(-c9ccccc9)nc8c7n(-c7ccccc7)c6c5)c4)nc(-c4ccccc4)n3)cc2)cc1. The quantitative estimate of drug-likeness (QED) is 0.151. The van der Waals surface area contributed by atoms with Gasteiger partial charge < -0.3 is 4.57 Å². The summed E-state index contributed by atoms with van der Waals surface area (Å²) in [5.74, 6) is 0.693. The fourth-order valence-electron chi connectivity index (χ4n) is 9.14. The predicted octanol–water partition coefficient (Wildman–Crippen LogP) is 15.3. The van der Waals surface area contributed by atoms with E-state index in [1.165, 1.54) is 27.3 Å². The topological polar surface area (TPSA) is 43.6 Å². The molecule has 3 aromatic heterocycles. The minimum absolute atomic E-state index is 0.693. The monoisotopic (exact) mass is 802 g/mol. The predicted molar refractivity (Wildman–Crippen MR) is 262 cm³/mol. The van der Waals surface area contributed by atoms with Crippen molar-refractivity contribution in [3.8, 4) is 73.1 Å². The molecule has 0 aliphatic rings. The second-order valence-corrected chi connectivity index (χ2v) is 16.0. The van der Waals surface area contributed by atoms with Gasteiger partial charge in [-0.3, -0.25) is 0 Å². The van der Waals surface area contributed by atoms with Crippen molar-refractivity contribution < 1.29 is 0 Å². The summed E-state index contributed by atoms with van der Waals surface area (Å²) < 4.78 is 2.41. The number of aromatic nitrogens is 4. The normalized spacial score (nSPS) is 11.5. The van der Waals surface area contributed by atoms with Crippen LogP contribution < -0.4 is 0 Å². The molecule has 0 bridgehead atoms. The van der Waals surface area contributed by atoms with Crippen LogP contribution in [0.5, 0.6) is 0 Å². The summed E-state index contributed by atoms with van der Waals surface area (Å²) in [6.07, 6.45) is 0. The van der Waals surface area contributed by atoms with Gasteiger partial charge in [0.25, 0.3) is 0 Å². The Morgan fingerprint density at radius 2 is 0.794 bits per heavy atom. The van der Waals surface area contributed by atoms with Gasteiger partial charge in [0.05, 0.1) is 33.6 Å². The summed E-state index contributed by atoms with van der Waals surface area (Å²) in [5.41, 5.74) is 15.7. The number of fused-ring (bicyclic) bond motifs is 7. The lowest BCUT2D eigenvalue weighted by Crippen LogP contribution is -1.97. The average Bonchev–Trinajstić information content (AvgIpc) is 3.71. The number of para-hydroxylation sites is 1. The number of hydrogen-bond donors (Lipinski definition) is 0. The van der Waals surface area contributed by atoms with Crippen molar-refractivity contribution in [2.75, 3.05) is 0 Å². The van der Waals surface area contributed by atoms with Crippen molar-refractivity contribution in [1.82, 2.24) is 19.5 Å². The van der Waals surface area contributed by atoms with E-state index in [2.05, 4.69) is 211 Å². The zero-order valence-corrected chi connectivity index (χ0v) is 34.2. The average molecular weight is 803 g/mol. The van der Waals surface area contributed by atoms with Crippen molar-refractivity contribution >= 4 is 43.5 Å². The molecule has 0 amide bonds. The van der Waals surface area contributed by atoms with E-state index in [9.17, 15) is 0 Å². The van der Waals surface area contributed by atoms with Crippen molar-refractivity contribution in [2.24, 2.45) is 0 Å². The van der Waals surface area contributed by atoms with E-state index in [0.717, 1.165) is 83.5 Å². The molecule has 0 unspecified atom stereocenters. The van der Waals surface area contributed by atoms with Crippen molar-refractivity contribution in [1.29, 1.82) is 0 Å². The molecular formula is C59H38N4. The maximum atomic E-state index is 5.55. The maximum Gasteiger partial charge on any atom is 0.160 e. The molecule has 294 valence electrons. The number of hydrogen-bond acceptors (Lipinski definition) is 3. The zero-order valence-electron chi connectivity index (χ0n) is 34.2. The Balaban J connectivity index is 1.03. The van der Waals surface area contributed by atoms with Gasteiger partial charge in [-0.05, 0) is 58.0 Å². The zero-order chi connectivity index (χ0) is 41.7. The van der Waals surface area contributed by atoms with Gasteiger partial charge in [0.1, 0.15) is 0 Å². The lowest BCUT2D eigenvalue weighted by molar-refractivity contribution is 1.18. The van der Waals surface area contributed by atoms with Gasteiger partial charge in [-0.25, -0.2) is 15.0 Å². The van der Waals surface area contributed by atoms with Crippen LogP contribution in [0.15, 0.2) is 231 Å². The standard InChI is InChI=1S/C59H38N4/c1-5-16-39(17-6-1)40-28-30-41(31-29-40)53-38-54(61-59(60-53)43-20-9-3-10-21-43)46-23-15-22-44(36-46)45-32-33-49-52-35-34-51-48-26-13-14-27-50(48)56(42-18-7-2-8-19-42)62-57(51)58(52)63(55(49)37-45)47-24-11-4-12-25-47/h1-38H. The van der Waals surface area contributed by atoms with Crippen LogP contribution in [0.25, 0.3) is 117 Å². The summed E-state index contributed by atoms with van der Waals surface area (Å²) in [7, 11) is 0. The summed E-state index contributed by atoms with van der Waals surface area (Å²) in [6.45, 7) is 0. The summed E-state index contributed by atoms with van der Waals surface area (Å²) in [6, 6.07) is 81.5. The van der Waals surface area contributed by atoms with E-state index in [-0.39, 0.29) is 0 Å². The van der Waals surface area contributed by atoms with E-state index in [4.69, 9.17) is 15.0 Å². The smallest absolute Gasteiger partial charge is 0.160 e. The summed E-state index contributed by atoms with van der Waals surface area (Å²) >= 11 is 0.